The van der Waals surface area contributed by atoms with Gasteiger partial charge in [-0.25, -0.2) is 0 Å². The lowest BCUT2D eigenvalue weighted by Gasteiger charge is -2.32. The van der Waals surface area contributed by atoms with E-state index in [-0.39, 0.29) is 0 Å². The second kappa shape index (κ2) is 5.20. The van der Waals surface area contributed by atoms with Gasteiger partial charge in [0.15, 0.2) is 0 Å². The van der Waals surface area contributed by atoms with Crippen molar-refractivity contribution in [1.82, 2.24) is 10.6 Å². The highest BCUT2D eigenvalue weighted by Crippen LogP contribution is 2.18. The molecule has 2 atom stereocenters. The summed E-state index contributed by atoms with van der Waals surface area (Å²) in [5.41, 5.74) is 0. The van der Waals surface area contributed by atoms with E-state index in [9.17, 15) is 0 Å². The van der Waals surface area contributed by atoms with Gasteiger partial charge >= 0.3 is 0 Å². The Morgan fingerprint density at radius 2 is 2.50 bits per heavy atom. The molecule has 2 nitrogen and oxygen atoms in total. The van der Waals surface area contributed by atoms with E-state index < -0.39 is 0 Å². The van der Waals surface area contributed by atoms with E-state index in [2.05, 4.69) is 24.1 Å². The summed E-state index contributed by atoms with van der Waals surface area (Å²) in [4.78, 5) is 0. The fourth-order valence-electron chi connectivity index (χ4n) is 1.98. The molecule has 2 heteroatoms. The molecule has 12 heavy (non-hydrogen) atoms. The van der Waals surface area contributed by atoms with Gasteiger partial charge < -0.3 is 10.6 Å². The Hall–Kier alpha value is -0.500. The molecule has 0 aromatic rings. The van der Waals surface area contributed by atoms with E-state index in [0.717, 1.165) is 12.5 Å². The maximum absolute atomic E-state index is 3.71. The van der Waals surface area contributed by atoms with E-state index in [0.29, 0.717) is 6.04 Å². The largest absolute Gasteiger partial charge is 0.387 e. The van der Waals surface area contributed by atoms with Gasteiger partial charge in [0.2, 0.25) is 0 Å². The molecule has 0 aromatic heterocycles. The van der Waals surface area contributed by atoms with E-state index in [1.807, 2.05) is 6.20 Å². The summed E-state index contributed by atoms with van der Waals surface area (Å²) in [5, 5.41) is 6.72. The topological polar surface area (TPSA) is 24.1 Å². The monoisotopic (exact) mass is 168 g/mol. The molecule has 0 bridgehead atoms. The van der Waals surface area contributed by atoms with Crippen LogP contribution in [0.15, 0.2) is 12.8 Å². The molecule has 0 saturated carbocycles. The van der Waals surface area contributed by atoms with Crippen LogP contribution >= 0.6 is 0 Å². The van der Waals surface area contributed by atoms with Crippen LogP contribution in [0.3, 0.4) is 0 Å². The minimum absolute atomic E-state index is 0.608. The predicted octanol–water partition coefficient (Wildman–Crippen LogP) is 1.50. The lowest BCUT2D eigenvalue weighted by Crippen LogP contribution is -2.47. The van der Waals surface area contributed by atoms with E-state index in [1.165, 1.54) is 25.8 Å². The summed E-state index contributed by atoms with van der Waals surface area (Å²) in [5.74, 6) is 0.842. The molecule has 1 saturated heterocycles. The maximum atomic E-state index is 3.71. The highest BCUT2D eigenvalue weighted by molar-refractivity contribution is 4.86. The van der Waals surface area contributed by atoms with Gasteiger partial charge in [0.1, 0.15) is 0 Å². The normalized spacial score (nSPS) is 29.8. The van der Waals surface area contributed by atoms with Crippen molar-refractivity contribution in [1.29, 1.82) is 0 Å². The van der Waals surface area contributed by atoms with Gasteiger partial charge in [0.25, 0.3) is 0 Å². The lowest BCUT2D eigenvalue weighted by atomic mass is 9.89. The number of hydrogen-bond donors (Lipinski definition) is 2. The summed E-state index contributed by atoms with van der Waals surface area (Å²) in [6.07, 6.45) is 5.76. The molecule has 0 aromatic carbocycles. The Kier molecular flexibility index (Phi) is 4.15. The first-order chi connectivity index (χ1) is 5.88. The molecule has 0 spiro atoms. The van der Waals surface area contributed by atoms with Crippen LogP contribution in [0.1, 0.15) is 26.2 Å². The van der Waals surface area contributed by atoms with Crippen molar-refractivity contribution in [2.75, 3.05) is 13.1 Å². The Morgan fingerprint density at radius 1 is 1.67 bits per heavy atom. The van der Waals surface area contributed by atoms with Crippen LogP contribution in [-0.4, -0.2) is 19.1 Å². The maximum Gasteiger partial charge on any atom is 0.0408 e. The number of rotatable bonds is 4. The first-order valence-electron chi connectivity index (χ1n) is 4.96. The quantitative estimate of drug-likeness (QED) is 0.664. The molecule has 2 N–H and O–H groups in total. The van der Waals surface area contributed by atoms with Gasteiger partial charge in [-0.1, -0.05) is 19.9 Å². The van der Waals surface area contributed by atoms with Crippen LogP contribution in [0.5, 0.6) is 0 Å². The third kappa shape index (κ3) is 2.52. The third-order valence-corrected chi connectivity index (χ3v) is 2.62. The average Bonchev–Trinajstić information content (AvgIpc) is 2.09. The molecule has 1 aliphatic heterocycles. The predicted molar refractivity (Wildman–Crippen MR) is 53.0 cm³/mol. The third-order valence-electron chi connectivity index (χ3n) is 2.62. The number of nitrogens with one attached hydrogen (secondary N) is 2. The summed E-state index contributed by atoms with van der Waals surface area (Å²) >= 11 is 0. The van der Waals surface area contributed by atoms with E-state index in [1.54, 1.807) is 0 Å². The summed E-state index contributed by atoms with van der Waals surface area (Å²) in [7, 11) is 0. The molecule has 2 unspecified atom stereocenters. The summed E-state index contributed by atoms with van der Waals surface area (Å²) in [6.45, 7) is 8.24. The molecule has 1 fully saturated rings. The van der Waals surface area contributed by atoms with Gasteiger partial charge in [-0.3, -0.25) is 0 Å². The minimum atomic E-state index is 0.608. The highest BCUT2D eigenvalue weighted by atomic mass is 15.0. The zero-order valence-electron chi connectivity index (χ0n) is 7.97. The number of hydrogen-bond acceptors (Lipinski definition) is 2. The summed E-state index contributed by atoms with van der Waals surface area (Å²) in [6, 6.07) is 0.608. The van der Waals surface area contributed by atoms with Gasteiger partial charge in [-0.15, -0.1) is 0 Å². The van der Waals surface area contributed by atoms with Gasteiger partial charge in [-0.05, 0) is 31.5 Å². The molecular formula is C10H20N2. The van der Waals surface area contributed by atoms with E-state index >= 15 is 0 Å². The molecule has 0 amide bonds. The van der Waals surface area contributed by atoms with Crippen LogP contribution in [0.25, 0.3) is 0 Å². The molecule has 1 aliphatic rings. The fraction of sp³-hybridized carbons (Fsp3) is 0.800. The van der Waals surface area contributed by atoms with Crippen molar-refractivity contribution in [2.45, 2.75) is 32.2 Å². The van der Waals surface area contributed by atoms with Crippen molar-refractivity contribution in [3.63, 3.8) is 0 Å². The molecule has 1 rings (SSSR count). The Labute approximate surface area is 75.4 Å². The SMILES string of the molecule is C=CNC1CNCCC1CCC. The molecule has 0 aliphatic carbocycles. The second-order valence-electron chi connectivity index (χ2n) is 3.52. The fourth-order valence-corrected chi connectivity index (χ4v) is 1.98. The first-order valence-corrected chi connectivity index (χ1v) is 4.96. The Morgan fingerprint density at radius 3 is 3.17 bits per heavy atom. The molecular weight excluding hydrogens is 148 g/mol. The first kappa shape index (κ1) is 9.59. The molecule has 1 heterocycles. The number of piperidine rings is 1. The van der Waals surface area contributed by atoms with Crippen molar-refractivity contribution < 1.29 is 0 Å². The highest BCUT2D eigenvalue weighted by Gasteiger charge is 2.22. The second-order valence-corrected chi connectivity index (χ2v) is 3.52. The minimum Gasteiger partial charge on any atom is -0.387 e. The van der Waals surface area contributed by atoms with E-state index in [4.69, 9.17) is 0 Å². The van der Waals surface area contributed by atoms with Crippen molar-refractivity contribution in [3.8, 4) is 0 Å². The van der Waals surface area contributed by atoms with Crippen LogP contribution < -0.4 is 10.6 Å². The van der Waals surface area contributed by atoms with Crippen molar-refractivity contribution >= 4 is 0 Å². The van der Waals surface area contributed by atoms with Crippen molar-refractivity contribution in [2.24, 2.45) is 5.92 Å². The molecule has 0 radical (unpaired) electrons. The van der Waals surface area contributed by atoms with Crippen LogP contribution in [0.4, 0.5) is 0 Å². The smallest absolute Gasteiger partial charge is 0.0408 e. The standard InChI is InChI=1S/C10H20N2/c1-3-5-9-6-7-11-8-10(9)12-4-2/h4,9-12H,2-3,5-8H2,1H3. The van der Waals surface area contributed by atoms with Gasteiger partial charge in [0.05, 0.1) is 0 Å². The van der Waals surface area contributed by atoms with Crippen LogP contribution in [0, 0.1) is 5.92 Å². The Bertz CT molecular complexity index is 132. The summed E-state index contributed by atoms with van der Waals surface area (Å²) < 4.78 is 0. The zero-order chi connectivity index (χ0) is 8.81. The van der Waals surface area contributed by atoms with Gasteiger partial charge in [0, 0.05) is 12.6 Å². The van der Waals surface area contributed by atoms with Crippen LogP contribution in [-0.2, 0) is 0 Å². The Balaban J connectivity index is 2.36. The average molecular weight is 168 g/mol. The zero-order valence-corrected chi connectivity index (χ0v) is 7.97. The van der Waals surface area contributed by atoms with Crippen LogP contribution in [0.2, 0.25) is 0 Å². The lowest BCUT2D eigenvalue weighted by molar-refractivity contribution is 0.280. The van der Waals surface area contributed by atoms with Gasteiger partial charge in [-0.2, -0.15) is 0 Å². The van der Waals surface area contributed by atoms with Crippen molar-refractivity contribution in [3.05, 3.63) is 12.8 Å². The molecule has 70 valence electrons.